The molecule has 0 saturated heterocycles. The van der Waals surface area contributed by atoms with Crippen LogP contribution in [-0.4, -0.2) is 36.3 Å². The minimum absolute atomic E-state index is 0.00479. The van der Waals surface area contributed by atoms with Crippen molar-refractivity contribution in [2.75, 3.05) is 11.9 Å². The molecule has 3 rings (SSSR count). The van der Waals surface area contributed by atoms with Gasteiger partial charge in [-0.2, -0.15) is 5.26 Å². The number of carbonyl (C=O) groups is 2. The number of anilines is 1. The Bertz CT molecular complexity index is 1280. The SMILES string of the molecule is CC1=C(C)N(S(=O)(=O)c2cc(Br)cc(C(=O)Nc3ccc(C#N)cc3C(=O)O)c2)CC1. The number of hydrogen-bond donors (Lipinski definition) is 2. The van der Waals surface area contributed by atoms with Crippen LogP contribution in [0.25, 0.3) is 0 Å². The van der Waals surface area contributed by atoms with Crippen LogP contribution in [0, 0.1) is 11.3 Å². The molecule has 0 fully saturated rings. The Morgan fingerprint density at radius 1 is 1.19 bits per heavy atom. The number of nitriles is 1. The summed E-state index contributed by atoms with van der Waals surface area (Å²) >= 11 is 3.25. The van der Waals surface area contributed by atoms with Crippen molar-refractivity contribution in [3.05, 3.63) is 68.8 Å². The zero-order valence-corrected chi connectivity index (χ0v) is 19.0. The van der Waals surface area contributed by atoms with Crippen molar-refractivity contribution < 1.29 is 23.1 Å². The highest BCUT2D eigenvalue weighted by molar-refractivity contribution is 9.10. The molecule has 1 aliphatic rings. The topological polar surface area (TPSA) is 128 Å². The van der Waals surface area contributed by atoms with Gasteiger partial charge in [0.2, 0.25) is 0 Å². The molecule has 2 N–H and O–H groups in total. The fourth-order valence-corrected chi connectivity index (χ4v) is 5.49. The molecule has 10 heteroatoms. The average Bonchev–Trinajstić information content (AvgIpc) is 3.06. The summed E-state index contributed by atoms with van der Waals surface area (Å²) in [4.78, 5) is 24.2. The molecule has 31 heavy (non-hydrogen) atoms. The van der Waals surface area contributed by atoms with Gasteiger partial charge >= 0.3 is 5.97 Å². The van der Waals surface area contributed by atoms with Gasteiger partial charge in [-0.05, 0) is 56.7 Å². The summed E-state index contributed by atoms with van der Waals surface area (Å²) < 4.78 is 27.9. The van der Waals surface area contributed by atoms with Crippen LogP contribution in [0.3, 0.4) is 0 Å². The number of carbonyl (C=O) groups excluding carboxylic acids is 1. The van der Waals surface area contributed by atoms with E-state index in [4.69, 9.17) is 5.26 Å². The molecule has 0 aromatic heterocycles. The summed E-state index contributed by atoms with van der Waals surface area (Å²) in [7, 11) is -3.87. The number of benzene rings is 2. The molecule has 0 atom stereocenters. The molecule has 0 unspecified atom stereocenters. The number of amides is 1. The van der Waals surface area contributed by atoms with E-state index in [1.54, 1.807) is 6.92 Å². The third-order valence-corrected chi connectivity index (χ3v) is 7.36. The maximum Gasteiger partial charge on any atom is 0.337 e. The Hall–Kier alpha value is -3.16. The first-order valence-corrected chi connectivity index (χ1v) is 11.4. The smallest absolute Gasteiger partial charge is 0.337 e. The van der Waals surface area contributed by atoms with E-state index in [0.717, 1.165) is 11.6 Å². The van der Waals surface area contributed by atoms with Crippen LogP contribution in [0.15, 0.2) is 57.0 Å². The summed E-state index contributed by atoms with van der Waals surface area (Å²) in [6, 6.07) is 9.79. The molecular formula is C21H18BrN3O5S. The summed E-state index contributed by atoms with van der Waals surface area (Å²) in [5.74, 6) is -1.99. The number of aromatic carboxylic acids is 1. The van der Waals surface area contributed by atoms with Crippen LogP contribution in [0.5, 0.6) is 0 Å². The van der Waals surface area contributed by atoms with E-state index in [-0.39, 0.29) is 27.3 Å². The van der Waals surface area contributed by atoms with E-state index in [0.29, 0.717) is 23.1 Å². The van der Waals surface area contributed by atoms with Crippen molar-refractivity contribution in [2.45, 2.75) is 25.2 Å². The molecule has 2 aromatic carbocycles. The van der Waals surface area contributed by atoms with Crippen LogP contribution in [-0.2, 0) is 10.0 Å². The van der Waals surface area contributed by atoms with Crippen molar-refractivity contribution in [3.63, 3.8) is 0 Å². The molecule has 8 nitrogen and oxygen atoms in total. The largest absolute Gasteiger partial charge is 0.478 e. The number of carboxylic acid groups (broad SMARTS) is 1. The van der Waals surface area contributed by atoms with Crippen molar-refractivity contribution in [1.29, 1.82) is 5.26 Å². The van der Waals surface area contributed by atoms with E-state index in [1.807, 2.05) is 13.0 Å². The quantitative estimate of drug-likeness (QED) is 0.635. The highest BCUT2D eigenvalue weighted by Crippen LogP contribution is 2.31. The Morgan fingerprint density at radius 3 is 2.48 bits per heavy atom. The van der Waals surface area contributed by atoms with Gasteiger partial charge in [0, 0.05) is 22.3 Å². The number of nitrogens with one attached hydrogen (secondary N) is 1. The summed E-state index contributed by atoms with van der Waals surface area (Å²) in [5, 5.41) is 20.8. The van der Waals surface area contributed by atoms with Gasteiger partial charge in [0.1, 0.15) is 0 Å². The third kappa shape index (κ3) is 4.47. The van der Waals surface area contributed by atoms with Crippen LogP contribution in [0.2, 0.25) is 0 Å². The van der Waals surface area contributed by atoms with Gasteiger partial charge in [-0.1, -0.05) is 21.5 Å². The van der Waals surface area contributed by atoms with Gasteiger partial charge in [-0.25, -0.2) is 13.2 Å². The Balaban J connectivity index is 1.97. The van der Waals surface area contributed by atoms with Gasteiger partial charge in [-0.3, -0.25) is 9.10 Å². The van der Waals surface area contributed by atoms with E-state index >= 15 is 0 Å². The molecule has 0 saturated carbocycles. The highest BCUT2D eigenvalue weighted by Gasteiger charge is 2.30. The van der Waals surface area contributed by atoms with Gasteiger partial charge in [0.25, 0.3) is 15.9 Å². The lowest BCUT2D eigenvalue weighted by Crippen LogP contribution is -2.27. The number of rotatable bonds is 5. The average molecular weight is 504 g/mol. The molecule has 0 aliphatic carbocycles. The Labute approximate surface area is 188 Å². The fourth-order valence-electron chi connectivity index (χ4n) is 3.20. The van der Waals surface area contributed by atoms with E-state index in [2.05, 4.69) is 21.2 Å². The lowest BCUT2D eigenvalue weighted by molar-refractivity contribution is 0.0698. The number of sulfonamides is 1. The summed E-state index contributed by atoms with van der Waals surface area (Å²) in [6.45, 7) is 3.95. The minimum Gasteiger partial charge on any atom is -0.478 e. The normalized spacial score (nSPS) is 13.8. The maximum atomic E-state index is 13.1. The monoisotopic (exact) mass is 503 g/mol. The first-order valence-electron chi connectivity index (χ1n) is 9.13. The van der Waals surface area contributed by atoms with Crippen molar-refractivity contribution >= 4 is 43.5 Å². The highest BCUT2D eigenvalue weighted by atomic mass is 79.9. The second-order valence-corrected chi connectivity index (χ2v) is 9.78. The summed E-state index contributed by atoms with van der Waals surface area (Å²) in [6.07, 6.45) is 0.642. The molecule has 0 radical (unpaired) electrons. The minimum atomic E-state index is -3.87. The first kappa shape index (κ1) is 22.5. The maximum absolute atomic E-state index is 13.1. The van der Waals surface area contributed by atoms with Gasteiger partial charge < -0.3 is 10.4 Å². The van der Waals surface area contributed by atoms with Crippen molar-refractivity contribution in [3.8, 4) is 6.07 Å². The molecule has 1 heterocycles. The number of allylic oxidation sites excluding steroid dienone is 1. The van der Waals surface area contributed by atoms with Crippen LogP contribution in [0.1, 0.15) is 46.5 Å². The number of nitrogens with zero attached hydrogens (tertiary/aromatic N) is 2. The molecule has 0 spiro atoms. The number of hydrogen-bond acceptors (Lipinski definition) is 5. The zero-order valence-electron chi connectivity index (χ0n) is 16.6. The zero-order chi connectivity index (χ0) is 22.9. The molecule has 1 amide bonds. The predicted molar refractivity (Wildman–Crippen MR) is 117 cm³/mol. The summed E-state index contributed by atoms with van der Waals surface area (Å²) in [5.41, 5.74) is 1.56. The van der Waals surface area contributed by atoms with Gasteiger partial charge in [-0.15, -0.1) is 0 Å². The molecular weight excluding hydrogens is 486 g/mol. The van der Waals surface area contributed by atoms with Gasteiger partial charge in [0.05, 0.1) is 27.8 Å². The van der Waals surface area contributed by atoms with E-state index in [1.165, 1.54) is 34.6 Å². The second-order valence-electron chi connectivity index (χ2n) is 7.00. The third-order valence-electron chi connectivity index (χ3n) is 5.03. The Kier molecular flexibility index (Phi) is 6.20. The molecule has 1 aliphatic heterocycles. The van der Waals surface area contributed by atoms with Crippen molar-refractivity contribution in [2.24, 2.45) is 0 Å². The van der Waals surface area contributed by atoms with Crippen LogP contribution < -0.4 is 5.32 Å². The molecule has 160 valence electrons. The molecule has 2 aromatic rings. The lowest BCUT2D eigenvalue weighted by atomic mass is 10.1. The lowest BCUT2D eigenvalue weighted by Gasteiger charge is -2.21. The molecule has 0 bridgehead atoms. The van der Waals surface area contributed by atoms with Crippen molar-refractivity contribution in [1.82, 2.24) is 4.31 Å². The van der Waals surface area contributed by atoms with Crippen LogP contribution in [0.4, 0.5) is 5.69 Å². The number of carboxylic acids is 1. The van der Waals surface area contributed by atoms with Crippen LogP contribution >= 0.6 is 15.9 Å². The Morgan fingerprint density at radius 2 is 1.90 bits per heavy atom. The second kappa shape index (κ2) is 8.53. The van der Waals surface area contributed by atoms with Gasteiger partial charge in [0.15, 0.2) is 0 Å². The fraction of sp³-hybridized carbons (Fsp3) is 0.190. The standard InChI is InChI=1S/C21H18BrN3O5S/c1-12-5-6-25(13(12)2)31(29,30)17-9-15(8-16(22)10-17)20(26)24-19-4-3-14(11-23)7-18(19)21(27)28/h3-4,7-10H,5-6H2,1-2H3,(H,24,26)(H,27,28). The first-order chi connectivity index (χ1) is 14.5. The van der Waals surface area contributed by atoms with E-state index in [9.17, 15) is 23.1 Å². The number of halogens is 1. The van der Waals surface area contributed by atoms with E-state index < -0.39 is 21.9 Å². The predicted octanol–water partition coefficient (Wildman–Crippen LogP) is 3.96.